The molecule has 0 fully saturated rings. The molecule has 0 heterocycles. The van der Waals surface area contributed by atoms with Gasteiger partial charge in [0.1, 0.15) is 0 Å². The van der Waals surface area contributed by atoms with Crippen molar-refractivity contribution in [1.29, 1.82) is 0 Å². The van der Waals surface area contributed by atoms with Crippen molar-refractivity contribution in [3.8, 4) is 23.8 Å². The maximum Gasteiger partial charge on any atom is 0.161 e. The molecule has 0 aliphatic rings. The molecule has 0 aliphatic carbocycles. The predicted octanol–water partition coefficient (Wildman–Crippen LogP) is 3.38. The zero-order valence-electron chi connectivity index (χ0n) is 13.0. The molecule has 1 rings (SSSR count). The zero-order chi connectivity index (χ0) is 15.0. The fraction of sp³-hybridized carbons (Fsp3) is 0.529. The lowest BCUT2D eigenvalue weighted by Crippen LogP contribution is -2.35. The summed E-state index contributed by atoms with van der Waals surface area (Å²) < 4.78 is 11.1. The number of terminal acetylenes is 1. The maximum absolute atomic E-state index is 5.75. The van der Waals surface area contributed by atoms with Gasteiger partial charge in [-0.3, -0.25) is 0 Å². The van der Waals surface area contributed by atoms with Crippen molar-refractivity contribution in [3.63, 3.8) is 0 Å². The monoisotopic (exact) mass is 275 g/mol. The summed E-state index contributed by atoms with van der Waals surface area (Å²) in [5, 5.41) is 3.46. The van der Waals surface area contributed by atoms with Crippen molar-refractivity contribution in [1.82, 2.24) is 5.32 Å². The van der Waals surface area contributed by atoms with E-state index >= 15 is 0 Å². The van der Waals surface area contributed by atoms with E-state index in [1.165, 1.54) is 5.56 Å². The van der Waals surface area contributed by atoms with E-state index in [1.807, 2.05) is 18.2 Å². The minimum Gasteiger partial charge on any atom is -0.493 e. The summed E-state index contributed by atoms with van der Waals surface area (Å²) in [6.45, 7) is 7.85. The quantitative estimate of drug-likeness (QED) is 0.611. The first-order chi connectivity index (χ1) is 9.46. The predicted molar refractivity (Wildman–Crippen MR) is 83.1 cm³/mol. The summed E-state index contributed by atoms with van der Waals surface area (Å²) in [6.07, 6.45) is 6.81. The van der Waals surface area contributed by atoms with Crippen molar-refractivity contribution in [3.05, 3.63) is 23.8 Å². The number of ether oxygens (including phenoxy) is 2. The molecule has 0 saturated carbocycles. The van der Waals surface area contributed by atoms with Crippen molar-refractivity contribution < 1.29 is 9.47 Å². The second kappa shape index (κ2) is 7.81. The molecule has 110 valence electrons. The highest BCUT2D eigenvalue weighted by Gasteiger charge is 2.10. The Hall–Kier alpha value is -1.66. The van der Waals surface area contributed by atoms with Gasteiger partial charge in [0, 0.05) is 18.5 Å². The van der Waals surface area contributed by atoms with Gasteiger partial charge in [0.25, 0.3) is 0 Å². The number of hydrogen-bond acceptors (Lipinski definition) is 3. The van der Waals surface area contributed by atoms with Gasteiger partial charge < -0.3 is 14.8 Å². The van der Waals surface area contributed by atoms with Gasteiger partial charge in [-0.25, -0.2) is 0 Å². The molecule has 3 heteroatoms. The third kappa shape index (κ3) is 5.99. The van der Waals surface area contributed by atoms with E-state index in [0.29, 0.717) is 6.61 Å². The van der Waals surface area contributed by atoms with E-state index in [1.54, 1.807) is 7.11 Å². The Morgan fingerprint density at radius 1 is 1.25 bits per heavy atom. The molecule has 0 atom stereocenters. The molecular weight excluding hydrogens is 250 g/mol. The molecule has 0 spiro atoms. The summed E-state index contributed by atoms with van der Waals surface area (Å²) >= 11 is 0. The molecule has 1 aromatic rings. The average molecular weight is 275 g/mol. The lowest BCUT2D eigenvalue weighted by Gasteiger charge is -2.21. The van der Waals surface area contributed by atoms with Crippen molar-refractivity contribution in [2.24, 2.45) is 0 Å². The Balaban J connectivity index is 2.68. The largest absolute Gasteiger partial charge is 0.493 e. The van der Waals surface area contributed by atoms with Gasteiger partial charge in [0.05, 0.1) is 13.7 Å². The Bertz CT molecular complexity index is 455. The van der Waals surface area contributed by atoms with Crippen LogP contribution < -0.4 is 14.8 Å². The molecule has 0 aliphatic heterocycles. The zero-order valence-corrected chi connectivity index (χ0v) is 13.0. The van der Waals surface area contributed by atoms with Gasteiger partial charge in [-0.15, -0.1) is 12.3 Å². The molecule has 0 amide bonds. The fourth-order valence-electron chi connectivity index (χ4n) is 1.67. The lowest BCUT2D eigenvalue weighted by atomic mass is 10.1. The Morgan fingerprint density at radius 3 is 2.60 bits per heavy atom. The van der Waals surface area contributed by atoms with E-state index in [2.05, 4.69) is 32.0 Å². The normalized spacial score (nSPS) is 10.9. The van der Waals surface area contributed by atoms with Crippen LogP contribution in [0.3, 0.4) is 0 Å². The number of nitrogens with one attached hydrogen (secondary N) is 1. The number of methoxy groups -OCH3 is 1. The van der Waals surface area contributed by atoms with Crippen LogP contribution in [-0.2, 0) is 6.54 Å². The first kappa shape index (κ1) is 16.4. The van der Waals surface area contributed by atoms with Crippen LogP contribution in [0.2, 0.25) is 0 Å². The second-order valence-corrected chi connectivity index (χ2v) is 5.74. The van der Waals surface area contributed by atoms with Crippen LogP contribution in [0, 0.1) is 12.3 Å². The van der Waals surface area contributed by atoms with E-state index in [0.717, 1.165) is 30.9 Å². The number of unbranched alkanes of at least 4 members (excludes halogenated alkanes) is 1. The summed E-state index contributed by atoms with van der Waals surface area (Å²) in [7, 11) is 1.65. The third-order valence-electron chi connectivity index (χ3n) is 2.77. The smallest absolute Gasteiger partial charge is 0.161 e. The van der Waals surface area contributed by atoms with Gasteiger partial charge in [-0.1, -0.05) is 6.07 Å². The minimum absolute atomic E-state index is 0.0910. The van der Waals surface area contributed by atoms with Crippen LogP contribution >= 0.6 is 0 Å². The topological polar surface area (TPSA) is 30.5 Å². The molecule has 1 aromatic carbocycles. The highest BCUT2D eigenvalue weighted by Crippen LogP contribution is 2.28. The standard InChI is InChI=1S/C17H25NO2/c1-6-7-8-11-20-16-12-14(9-10-15(16)19-5)13-18-17(2,3)4/h1,9-10,12,18H,7-8,11,13H2,2-5H3. The number of benzene rings is 1. The third-order valence-corrected chi connectivity index (χ3v) is 2.77. The van der Waals surface area contributed by atoms with E-state index < -0.39 is 0 Å². The number of rotatable bonds is 7. The van der Waals surface area contributed by atoms with Crippen LogP contribution in [-0.4, -0.2) is 19.3 Å². The molecule has 3 nitrogen and oxygen atoms in total. The van der Waals surface area contributed by atoms with E-state index in [4.69, 9.17) is 15.9 Å². The Morgan fingerprint density at radius 2 is 2.00 bits per heavy atom. The highest BCUT2D eigenvalue weighted by atomic mass is 16.5. The van der Waals surface area contributed by atoms with Crippen LogP contribution in [0.15, 0.2) is 18.2 Å². The van der Waals surface area contributed by atoms with Gasteiger partial charge >= 0.3 is 0 Å². The first-order valence-corrected chi connectivity index (χ1v) is 6.94. The SMILES string of the molecule is C#CCCCOc1cc(CNC(C)(C)C)ccc1OC. The molecule has 0 radical (unpaired) electrons. The molecule has 1 N–H and O–H groups in total. The molecule has 0 aromatic heterocycles. The summed E-state index contributed by atoms with van der Waals surface area (Å²) in [5.74, 6) is 4.14. The Kier molecular flexibility index (Phi) is 6.41. The molecule has 20 heavy (non-hydrogen) atoms. The van der Waals surface area contributed by atoms with Crippen molar-refractivity contribution in [2.45, 2.75) is 45.7 Å². The molecule has 0 saturated heterocycles. The minimum atomic E-state index is 0.0910. The lowest BCUT2D eigenvalue weighted by molar-refractivity contribution is 0.290. The van der Waals surface area contributed by atoms with Gasteiger partial charge in [0.15, 0.2) is 11.5 Å². The highest BCUT2D eigenvalue weighted by molar-refractivity contribution is 5.43. The Labute approximate surface area is 122 Å². The van der Waals surface area contributed by atoms with Crippen LogP contribution in [0.5, 0.6) is 11.5 Å². The summed E-state index contributed by atoms with van der Waals surface area (Å²) in [6, 6.07) is 6.01. The molecule has 0 unspecified atom stereocenters. The fourth-order valence-corrected chi connectivity index (χ4v) is 1.67. The maximum atomic E-state index is 5.75. The molecular formula is C17H25NO2. The second-order valence-electron chi connectivity index (χ2n) is 5.74. The van der Waals surface area contributed by atoms with Crippen LogP contribution in [0.4, 0.5) is 0 Å². The first-order valence-electron chi connectivity index (χ1n) is 6.94. The van der Waals surface area contributed by atoms with E-state index in [-0.39, 0.29) is 5.54 Å². The summed E-state index contributed by atoms with van der Waals surface area (Å²) in [4.78, 5) is 0. The van der Waals surface area contributed by atoms with Crippen LogP contribution in [0.1, 0.15) is 39.2 Å². The van der Waals surface area contributed by atoms with Crippen molar-refractivity contribution in [2.75, 3.05) is 13.7 Å². The molecule has 0 bridgehead atoms. The van der Waals surface area contributed by atoms with Crippen LogP contribution in [0.25, 0.3) is 0 Å². The van der Waals surface area contributed by atoms with E-state index in [9.17, 15) is 0 Å². The van der Waals surface area contributed by atoms with Gasteiger partial charge in [-0.05, 0) is 44.9 Å². The number of hydrogen-bond donors (Lipinski definition) is 1. The summed E-state index contributed by atoms with van der Waals surface area (Å²) in [5.41, 5.74) is 1.26. The van der Waals surface area contributed by atoms with Gasteiger partial charge in [-0.2, -0.15) is 0 Å². The van der Waals surface area contributed by atoms with Crippen molar-refractivity contribution >= 4 is 0 Å². The average Bonchev–Trinajstić information content (AvgIpc) is 2.40. The van der Waals surface area contributed by atoms with Gasteiger partial charge in [0.2, 0.25) is 0 Å².